The van der Waals surface area contributed by atoms with Gasteiger partial charge in [-0.2, -0.15) is 0 Å². The minimum absolute atomic E-state index is 0.0992. The molecule has 0 aliphatic carbocycles. The fraction of sp³-hybridized carbons (Fsp3) is 0.636. The van der Waals surface area contributed by atoms with Crippen molar-refractivity contribution in [3.8, 4) is 0 Å². The van der Waals surface area contributed by atoms with Crippen LogP contribution in [0.15, 0.2) is 35.3 Å². The Morgan fingerprint density at radius 2 is 2.04 bits per heavy atom. The van der Waals surface area contributed by atoms with Gasteiger partial charge in [-0.3, -0.25) is 9.79 Å². The number of hydrogen-bond acceptors (Lipinski definition) is 3. The molecule has 156 valence electrons. The van der Waals surface area contributed by atoms with Crippen molar-refractivity contribution in [2.24, 2.45) is 10.9 Å². The Morgan fingerprint density at radius 3 is 2.75 bits per heavy atom. The van der Waals surface area contributed by atoms with Gasteiger partial charge in [-0.1, -0.05) is 37.3 Å². The summed E-state index contributed by atoms with van der Waals surface area (Å²) in [6.45, 7) is 8.15. The molecule has 6 heteroatoms. The monoisotopic (exact) mass is 388 g/mol. The summed E-state index contributed by atoms with van der Waals surface area (Å²) in [5.41, 5.74) is 1.20. The van der Waals surface area contributed by atoms with Crippen LogP contribution in [0.4, 0.5) is 0 Å². The Bertz CT molecular complexity index is 606. The molecule has 1 heterocycles. The molecule has 1 aromatic carbocycles. The lowest BCUT2D eigenvalue weighted by Crippen LogP contribution is -2.42. The molecule has 2 rings (SSSR count). The number of nitrogens with one attached hydrogen (secondary N) is 2. The Morgan fingerprint density at radius 1 is 1.29 bits per heavy atom. The first-order valence-corrected chi connectivity index (χ1v) is 10.5. The summed E-state index contributed by atoms with van der Waals surface area (Å²) in [5.74, 6) is 1.58. The molecule has 0 aromatic heterocycles. The summed E-state index contributed by atoms with van der Waals surface area (Å²) in [4.78, 5) is 18.5. The number of rotatable bonds is 9. The van der Waals surface area contributed by atoms with Gasteiger partial charge in [0.1, 0.15) is 0 Å². The zero-order valence-corrected chi connectivity index (χ0v) is 17.6. The lowest BCUT2D eigenvalue weighted by Gasteiger charge is -2.31. The molecule has 6 nitrogen and oxygen atoms in total. The van der Waals surface area contributed by atoms with E-state index in [2.05, 4.69) is 41.6 Å². The van der Waals surface area contributed by atoms with Crippen LogP contribution in [0.1, 0.15) is 51.2 Å². The minimum atomic E-state index is 0.0992. The summed E-state index contributed by atoms with van der Waals surface area (Å²) < 4.78 is 5.88. The van der Waals surface area contributed by atoms with Crippen LogP contribution in [-0.2, 0) is 9.53 Å². The van der Waals surface area contributed by atoms with E-state index in [0.29, 0.717) is 25.5 Å². The first kappa shape index (κ1) is 22.2. The van der Waals surface area contributed by atoms with Crippen LogP contribution in [0, 0.1) is 5.92 Å². The summed E-state index contributed by atoms with van der Waals surface area (Å²) in [5, 5.41) is 6.50. The van der Waals surface area contributed by atoms with E-state index < -0.39 is 0 Å². The highest BCUT2D eigenvalue weighted by atomic mass is 16.5. The number of nitrogens with zero attached hydrogens (tertiary/aromatic N) is 2. The van der Waals surface area contributed by atoms with E-state index in [1.165, 1.54) is 12.0 Å². The predicted molar refractivity (Wildman–Crippen MR) is 114 cm³/mol. The van der Waals surface area contributed by atoms with Gasteiger partial charge in [0, 0.05) is 46.3 Å². The van der Waals surface area contributed by atoms with E-state index in [-0.39, 0.29) is 12.0 Å². The number of amides is 1. The van der Waals surface area contributed by atoms with E-state index in [9.17, 15) is 4.79 Å². The van der Waals surface area contributed by atoms with Crippen molar-refractivity contribution in [1.82, 2.24) is 15.5 Å². The maximum absolute atomic E-state index is 12.3. The Kier molecular flexibility index (Phi) is 9.83. The smallest absolute Gasteiger partial charge is 0.224 e. The van der Waals surface area contributed by atoms with Crippen molar-refractivity contribution in [1.29, 1.82) is 0 Å². The van der Waals surface area contributed by atoms with Crippen LogP contribution < -0.4 is 10.6 Å². The van der Waals surface area contributed by atoms with Crippen molar-refractivity contribution in [2.75, 3.05) is 39.8 Å². The molecule has 0 saturated carbocycles. The average Bonchev–Trinajstić information content (AvgIpc) is 2.72. The normalized spacial score (nSPS) is 18.6. The van der Waals surface area contributed by atoms with Gasteiger partial charge >= 0.3 is 0 Å². The van der Waals surface area contributed by atoms with Crippen molar-refractivity contribution in [3.05, 3.63) is 35.9 Å². The van der Waals surface area contributed by atoms with E-state index in [1.54, 1.807) is 7.05 Å². The molecule has 28 heavy (non-hydrogen) atoms. The van der Waals surface area contributed by atoms with E-state index in [1.807, 2.05) is 23.1 Å². The molecule has 1 amide bonds. The van der Waals surface area contributed by atoms with Crippen LogP contribution in [0.3, 0.4) is 0 Å². The molecule has 1 saturated heterocycles. The predicted octanol–water partition coefficient (Wildman–Crippen LogP) is 2.97. The number of piperidine rings is 1. The van der Waals surface area contributed by atoms with Crippen molar-refractivity contribution in [3.63, 3.8) is 0 Å². The second-order valence-electron chi connectivity index (χ2n) is 7.54. The number of benzene rings is 1. The van der Waals surface area contributed by atoms with E-state index in [4.69, 9.17) is 4.74 Å². The summed E-state index contributed by atoms with van der Waals surface area (Å²) in [6, 6.07) is 10.2. The zero-order chi connectivity index (χ0) is 20.2. The quantitative estimate of drug-likeness (QED) is 0.388. The number of likely N-dealkylation sites (tertiary alicyclic amines) is 1. The molecule has 1 aromatic rings. The van der Waals surface area contributed by atoms with Gasteiger partial charge in [-0.05, 0) is 37.7 Å². The van der Waals surface area contributed by atoms with Crippen LogP contribution in [-0.4, -0.2) is 56.6 Å². The Hall–Kier alpha value is -2.08. The zero-order valence-electron chi connectivity index (χ0n) is 17.6. The highest BCUT2D eigenvalue weighted by Crippen LogP contribution is 2.16. The third-order valence-corrected chi connectivity index (χ3v) is 5.12. The summed E-state index contributed by atoms with van der Waals surface area (Å²) in [7, 11) is 1.75. The number of carbonyl (C=O) groups excluding carboxylic acids is 1. The maximum Gasteiger partial charge on any atom is 0.224 e. The lowest BCUT2D eigenvalue weighted by molar-refractivity contribution is -0.132. The molecule has 0 bridgehead atoms. The molecule has 1 aliphatic rings. The number of ether oxygens (including phenoxy) is 1. The molecule has 2 N–H and O–H groups in total. The standard InChI is InChI=1S/C22H36N4O2/c1-18-9-7-15-26(17-18)21(27)12-14-25-22(23-3)24-13-8-16-28-19(2)20-10-5-4-6-11-20/h4-6,10-11,18-19H,7-9,12-17H2,1-3H3,(H2,23,24,25). The molecule has 1 aliphatic heterocycles. The van der Waals surface area contributed by atoms with Gasteiger partial charge in [-0.25, -0.2) is 0 Å². The SMILES string of the molecule is CN=C(NCCCOC(C)c1ccccc1)NCCC(=O)N1CCCC(C)C1. The Labute approximate surface area is 169 Å². The maximum atomic E-state index is 12.3. The van der Waals surface area contributed by atoms with E-state index in [0.717, 1.165) is 38.4 Å². The molecular weight excluding hydrogens is 352 g/mol. The number of aliphatic imine (C=N–C) groups is 1. The summed E-state index contributed by atoms with van der Waals surface area (Å²) >= 11 is 0. The van der Waals surface area contributed by atoms with Gasteiger partial charge < -0.3 is 20.3 Å². The molecule has 0 spiro atoms. The van der Waals surface area contributed by atoms with Crippen LogP contribution >= 0.6 is 0 Å². The molecular formula is C22H36N4O2. The number of carbonyl (C=O) groups is 1. The third-order valence-electron chi connectivity index (χ3n) is 5.12. The van der Waals surface area contributed by atoms with Gasteiger partial charge in [0.05, 0.1) is 6.10 Å². The highest BCUT2D eigenvalue weighted by Gasteiger charge is 2.20. The van der Waals surface area contributed by atoms with Crippen LogP contribution in [0.2, 0.25) is 0 Å². The van der Waals surface area contributed by atoms with E-state index >= 15 is 0 Å². The number of hydrogen-bond donors (Lipinski definition) is 2. The van der Waals surface area contributed by atoms with Crippen molar-refractivity contribution in [2.45, 2.75) is 45.6 Å². The fourth-order valence-electron chi connectivity index (χ4n) is 3.44. The topological polar surface area (TPSA) is 66.0 Å². The second-order valence-corrected chi connectivity index (χ2v) is 7.54. The lowest BCUT2D eigenvalue weighted by atomic mass is 10.00. The Balaban J connectivity index is 1.55. The molecule has 2 unspecified atom stereocenters. The van der Waals surface area contributed by atoms with Gasteiger partial charge in [0.25, 0.3) is 0 Å². The van der Waals surface area contributed by atoms with Crippen molar-refractivity contribution < 1.29 is 9.53 Å². The van der Waals surface area contributed by atoms with Gasteiger partial charge in [0.2, 0.25) is 5.91 Å². The summed E-state index contributed by atoms with van der Waals surface area (Å²) in [6.07, 6.45) is 3.84. The third kappa shape index (κ3) is 7.89. The second kappa shape index (κ2) is 12.4. The average molecular weight is 389 g/mol. The van der Waals surface area contributed by atoms with Crippen molar-refractivity contribution >= 4 is 11.9 Å². The number of guanidine groups is 1. The van der Waals surface area contributed by atoms with Gasteiger partial charge in [0.15, 0.2) is 5.96 Å². The largest absolute Gasteiger partial charge is 0.374 e. The first-order chi connectivity index (χ1) is 13.6. The minimum Gasteiger partial charge on any atom is -0.374 e. The highest BCUT2D eigenvalue weighted by molar-refractivity contribution is 5.81. The van der Waals surface area contributed by atoms with Crippen LogP contribution in [0.5, 0.6) is 0 Å². The van der Waals surface area contributed by atoms with Crippen LogP contribution in [0.25, 0.3) is 0 Å². The fourth-order valence-corrected chi connectivity index (χ4v) is 3.44. The van der Waals surface area contributed by atoms with Gasteiger partial charge in [-0.15, -0.1) is 0 Å². The molecule has 1 fully saturated rings. The first-order valence-electron chi connectivity index (χ1n) is 10.5. The molecule has 2 atom stereocenters. The molecule has 0 radical (unpaired) electrons.